The van der Waals surface area contributed by atoms with E-state index in [1.54, 1.807) is 0 Å². The molecule has 2 N–H and O–H groups in total. The van der Waals surface area contributed by atoms with E-state index in [2.05, 4.69) is 39.0 Å². The van der Waals surface area contributed by atoms with Crippen molar-refractivity contribution in [2.75, 3.05) is 0 Å². The molecule has 0 spiro atoms. The first-order chi connectivity index (χ1) is 16.6. The summed E-state index contributed by atoms with van der Waals surface area (Å²) in [5.41, 5.74) is 1.54. The van der Waals surface area contributed by atoms with E-state index in [0.29, 0.717) is 24.6 Å². The lowest BCUT2D eigenvalue weighted by molar-refractivity contribution is -0.00275. The molecule has 2 aromatic carbocycles. The maximum atomic E-state index is 12.1. The molecule has 1 aliphatic carbocycles. The Kier molecular flexibility index (Phi) is 6.63. The van der Waals surface area contributed by atoms with Gasteiger partial charge in [-0.1, -0.05) is 68.0 Å². The predicted octanol–water partition coefficient (Wildman–Crippen LogP) is 6.72. The third-order valence-electron chi connectivity index (χ3n) is 7.66. The normalized spacial score (nSPS) is 25.8. The van der Waals surface area contributed by atoms with Crippen LogP contribution in [0, 0.1) is 11.3 Å². The number of benzene rings is 2. The van der Waals surface area contributed by atoms with E-state index in [1.807, 2.05) is 37.3 Å². The molecule has 3 atom stereocenters. The van der Waals surface area contributed by atoms with Crippen LogP contribution in [0.25, 0.3) is 0 Å². The minimum absolute atomic E-state index is 0.00772. The Morgan fingerprint density at radius 2 is 1.66 bits per heavy atom. The third kappa shape index (κ3) is 4.52. The number of aldehydes is 2. The molecule has 0 saturated carbocycles. The Hall–Kier alpha value is -3.34. The van der Waals surface area contributed by atoms with Gasteiger partial charge in [0, 0.05) is 23.8 Å². The van der Waals surface area contributed by atoms with Crippen molar-refractivity contribution in [3.63, 3.8) is 0 Å². The van der Waals surface area contributed by atoms with Crippen molar-refractivity contribution < 1.29 is 24.5 Å². The number of hydrogen-bond donors (Lipinski definition) is 2. The number of ether oxygens (including phenoxy) is 1. The largest absolute Gasteiger partial charge is 0.507 e. The molecule has 0 radical (unpaired) electrons. The van der Waals surface area contributed by atoms with E-state index in [-0.39, 0.29) is 39.9 Å². The fraction of sp³-hybridized carbons (Fsp3) is 0.400. The van der Waals surface area contributed by atoms with E-state index in [9.17, 15) is 19.8 Å². The van der Waals surface area contributed by atoms with Crippen LogP contribution < -0.4 is 4.74 Å². The molecule has 0 fully saturated rings. The first-order valence-corrected chi connectivity index (χ1v) is 12.2. The van der Waals surface area contributed by atoms with E-state index >= 15 is 0 Å². The van der Waals surface area contributed by atoms with Gasteiger partial charge in [-0.3, -0.25) is 9.59 Å². The summed E-state index contributed by atoms with van der Waals surface area (Å²) >= 11 is 0. The Morgan fingerprint density at radius 3 is 2.31 bits per heavy atom. The summed E-state index contributed by atoms with van der Waals surface area (Å²) in [5.74, 6) is -1.12. The highest BCUT2D eigenvalue weighted by atomic mass is 16.5. The molecule has 2 aliphatic rings. The van der Waals surface area contributed by atoms with Crippen molar-refractivity contribution in [2.45, 2.75) is 64.9 Å². The molecule has 2 aromatic rings. The molecule has 5 nitrogen and oxygen atoms in total. The molecule has 4 rings (SSSR count). The van der Waals surface area contributed by atoms with Crippen molar-refractivity contribution in [1.82, 2.24) is 0 Å². The topological polar surface area (TPSA) is 83.8 Å². The smallest absolute Gasteiger partial charge is 0.157 e. The third-order valence-corrected chi connectivity index (χ3v) is 7.66. The molecule has 0 aromatic heterocycles. The maximum absolute atomic E-state index is 12.1. The van der Waals surface area contributed by atoms with Gasteiger partial charge in [0.05, 0.1) is 11.1 Å². The second-order valence-electron chi connectivity index (χ2n) is 10.8. The maximum Gasteiger partial charge on any atom is 0.157 e. The second kappa shape index (κ2) is 9.37. The standard InChI is InChI=1S/C30H34O5/c1-19-11-12-23-24(20-9-6-5-7-10-20)25-27(34)21(17-31)26(33)22(18-32)28(25)35-30(23,4)15-8-14-29(2,3)16-13-19/h5-10,13-14,17-18,23-24,33-34H,11-12,15-16H2,1-4H3/t23-,24-,30+/m0/s1. The van der Waals surface area contributed by atoms with Gasteiger partial charge in [0.25, 0.3) is 0 Å². The summed E-state index contributed by atoms with van der Waals surface area (Å²) < 4.78 is 6.60. The molecule has 5 heteroatoms. The van der Waals surface area contributed by atoms with Gasteiger partial charge < -0.3 is 14.9 Å². The Bertz CT molecular complexity index is 1190. The summed E-state index contributed by atoms with van der Waals surface area (Å²) in [6, 6.07) is 9.82. The summed E-state index contributed by atoms with van der Waals surface area (Å²) in [6.45, 7) is 8.60. The average Bonchev–Trinajstić information content (AvgIpc) is 2.83. The first-order valence-electron chi connectivity index (χ1n) is 12.2. The molecule has 0 amide bonds. The molecule has 0 unspecified atom stereocenters. The van der Waals surface area contributed by atoms with Crippen LogP contribution in [0.5, 0.6) is 17.2 Å². The first kappa shape index (κ1) is 24.8. The Morgan fingerprint density at radius 1 is 0.971 bits per heavy atom. The minimum Gasteiger partial charge on any atom is -0.507 e. The molecular weight excluding hydrogens is 440 g/mol. The predicted molar refractivity (Wildman–Crippen MR) is 137 cm³/mol. The zero-order chi connectivity index (χ0) is 25.4. The highest BCUT2D eigenvalue weighted by Gasteiger charge is 2.49. The van der Waals surface area contributed by atoms with Gasteiger partial charge in [-0.05, 0) is 44.1 Å². The average molecular weight is 475 g/mol. The molecule has 35 heavy (non-hydrogen) atoms. The van der Waals surface area contributed by atoms with Crippen molar-refractivity contribution in [1.29, 1.82) is 0 Å². The van der Waals surface area contributed by atoms with Crippen molar-refractivity contribution in [3.05, 3.63) is 76.4 Å². The van der Waals surface area contributed by atoms with E-state index in [1.165, 1.54) is 5.57 Å². The lowest BCUT2D eigenvalue weighted by Crippen LogP contribution is -2.47. The van der Waals surface area contributed by atoms with E-state index in [0.717, 1.165) is 24.8 Å². The minimum atomic E-state index is -0.718. The molecule has 0 bridgehead atoms. The van der Waals surface area contributed by atoms with Crippen molar-refractivity contribution in [2.24, 2.45) is 11.3 Å². The molecule has 184 valence electrons. The van der Waals surface area contributed by atoms with Crippen LogP contribution in [0.15, 0.2) is 54.1 Å². The second-order valence-corrected chi connectivity index (χ2v) is 10.8. The lowest BCUT2D eigenvalue weighted by Gasteiger charge is -2.48. The SMILES string of the molecule is CC1=CCC(C)(C)C=CC[C@@]2(C)Oc3c(C=O)c(O)c(C=O)c(O)c3[C@@H](c3ccccc3)[C@@H]2CC1. The van der Waals surface area contributed by atoms with Crippen molar-refractivity contribution in [3.8, 4) is 17.2 Å². The van der Waals surface area contributed by atoms with Gasteiger partial charge in [0.2, 0.25) is 0 Å². The quantitative estimate of drug-likeness (QED) is 0.381. The fourth-order valence-electron chi connectivity index (χ4n) is 5.57. The van der Waals surface area contributed by atoms with Crippen LogP contribution >= 0.6 is 0 Å². The zero-order valence-electron chi connectivity index (χ0n) is 20.9. The Balaban J connectivity index is 2.01. The number of fused-ring (bicyclic) bond motifs is 2. The van der Waals surface area contributed by atoms with Gasteiger partial charge in [-0.25, -0.2) is 0 Å². The van der Waals surface area contributed by atoms with Crippen LogP contribution in [0.1, 0.15) is 91.1 Å². The number of allylic oxidation sites excluding steroid dienone is 3. The van der Waals surface area contributed by atoms with Gasteiger partial charge in [-0.15, -0.1) is 0 Å². The number of rotatable bonds is 3. The molecular formula is C30H34O5. The number of phenols is 2. The number of aromatic hydroxyl groups is 2. The van der Waals surface area contributed by atoms with Crippen LogP contribution in [0.2, 0.25) is 0 Å². The number of hydrogen-bond acceptors (Lipinski definition) is 5. The highest BCUT2D eigenvalue weighted by molar-refractivity contribution is 5.95. The van der Waals surface area contributed by atoms with E-state index in [4.69, 9.17) is 4.74 Å². The molecule has 1 aliphatic heterocycles. The van der Waals surface area contributed by atoms with Gasteiger partial charge in [-0.2, -0.15) is 0 Å². The van der Waals surface area contributed by atoms with Crippen LogP contribution in [0.4, 0.5) is 0 Å². The number of carbonyl (C=O) groups is 2. The summed E-state index contributed by atoms with van der Waals surface area (Å²) in [6.07, 6.45) is 10.7. The summed E-state index contributed by atoms with van der Waals surface area (Å²) in [4.78, 5) is 23.9. The van der Waals surface area contributed by atoms with Crippen LogP contribution in [0.3, 0.4) is 0 Å². The zero-order valence-corrected chi connectivity index (χ0v) is 20.9. The van der Waals surface area contributed by atoms with E-state index < -0.39 is 11.4 Å². The van der Waals surface area contributed by atoms with Gasteiger partial charge in [0.1, 0.15) is 22.8 Å². The molecule has 1 heterocycles. The van der Waals surface area contributed by atoms with Crippen LogP contribution in [-0.2, 0) is 0 Å². The van der Waals surface area contributed by atoms with Gasteiger partial charge in [0.15, 0.2) is 12.6 Å². The summed E-state index contributed by atoms with van der Waals surface area (Å²) in [7, 11) is 0. The Labute approximate surface area is 207 Å². The highest BCUT2D eigenvalue weighted by Crippen LogP contribution is 2.57. The molecule has 0 saturated heterocycles. The number of phenolic OH excluding ortho intramolecular Hbond substituents is 2. The monoisotopic (exact) mass is 474 g/mol. The number of carbonyl (C=O) groups excluding carboxylic acids is 2. The lowest BCUT2D eigenvalue weighted by atomic mass is 9.66. The van der Waals surface area contributed by atoms with Crippen molar-refractivity contribution >= 4 is 12.6 Å². The van der Waals surface area contributed by atoms with Gasteiger partial charge >= 0.3 is 0 Å². The fourth-order valence-corrected chi connectivity index (χ4v) is 5.57. The van der Waals surface area contributed by atoms with Crippen LogP contribution in [-0.4, -0.2) is 28.4 Å². The summed E-state index contributed by atoms with van der Waals surface area (Å²) in [5, 5.41) is 21.9.